The van der Waals surface area contributed by atoms with Crippen molar-refractivity contribution in [3.05, 3.63) is 21.6 Å². The molecule has 0 aliphatic heterocycles. The molecule has 0 saturated carbocycles. The summed E-state index contributed by atoms with van der Waals surface area (Å²) in [4.78, 5) is 27.8. The van der Waals surface area contributed by atoms with Crippen molar-refractivity contribution in [1.29, 1.82) is 0 Å². The van der Waals surface area contributed by atoms with Crippen LogP contribution in [0, 0.1) is 6.92 Å². The van der Waals surface area contributed by atoms with Crippen LogP contribution in [0.2, 0.25) is 0 Å². The van der Waals surface area contributed by atoms with Gasteiger partial charge < -0.3 is 24.7 Å². The third kappa shape index (κ3) is 5.90. The minimum atomic E-state index is -0.790. The lowest BCUT2D eigenvalue weighted by molar-refractivity contribution is -0.131. The molecule has 168 valence electrons. The molecule has 0 radical (unpaired) electrons. The van der Waals surface area contributed by atoms with E-state index in [1.54, 1.807) is 41.8 Å². The molecule has 0 bridgehead atoms. The molecule has 1 aromatic rings. The number of ether oxygens (including phenoxy) is 1. The van der Waals surface area contributed by atoms with Gasteiger partial charge in [0.25, 0.3) is 0 Å². The molecule has 2 amide bonds. The minimum Gasteiger partial charge on any atom is -0.507 e. The molecular weight excluding hydrogens is 384 g/mol. The lowest BCUT2D eigenvalue weighted by atomic mass is 9.78. The molecule has 7 heteroatoms. The molecule has 0 aromatic heterocycles. The summed E-state index contributed by atoms with van der Waals surface area (Å²) in [6.07, 6.45) is -0.370. The predicted molar refractivity (Wildman–Crippen MR) is 119 cm³/mol. The van der Waals surface area contributed by atoms with E-state index in [0.717, 1.165) is 0 Å². The predicted octanol–water partition coefficient (Wildman–Crippen LogP) is 2.22. The number of aromatic hydroxyl groups is 2. The van der Waals surface area contributed by atoms with Gasteiger partial charge in [0, 0.05) is 60.6 Å². The Morgan fingerprint density at radius 3 is 1.93 bits per heavy atom. The first-order valence-electron chi connectivity index (χ1n) is 9.90. The summed E-state index contributed by atoms with van der Waals surface area (Å²) in [5.41, 5.74) is -0.507. The van der Waals surface area contributed by atoms with Crippen LogP contribution in [0.15, 0.2) is 0 Å². The summed E-state index contributed by atoms with van der Waals surface area (Å²) >= 11 is 0. The number of benzene rings is 1. The first-order valence-corrected chi connectivity index (χ1v) is 9.90. The van der Waals surface area contributed by atoms with Gasteiger partial charge in [-0.25, -0.2) is 4.79 Å². The molecule has 0 atom stereocenters. The summed E-state index contributed by atoms with van der Waals surface area (Å²) in [5.74, 6) is -0.247. The van der Waals surface area contributed by atoms with Gasteiger partial charge in [0.1, 0.15) is 17.1 Å². The number of rotatable bonds is 6. The summed E-state index contributed by atoms with van der Waals surface area (Å²) in [6, 6.07) is 0. The summed E-state index contributed by atoms with van der Waals surface area (Å²) in [7, 11) is 3.28. The highest BCUT2D eigenvalue weighted by Gasteiger charge is 2.31. The third-order valence-corrected chi connectivity index (χ3v) is 5.09. The van der Waals surface area contributed by atoms with Crippen LogP contribution >= 0.6 is 0 Å². The van der Waals surface area contributed by atoms with Crippen molar-refractivity contribution in [2.24, 2.45) is 0 Å². The van der Waals surface area contributed by atoms with E-state index in [0.29, 0.717) is 34.7 Å². The van der Waals surface area contributed by atoms with Crippen LogP contribution in [0.1, 0.15) is 52.2 Å². The second kappa shape index (κ2) is 8.98. The van der Waals surface area contributed by atoms with Gasteiger partial charge in [-0.15, -0.1) is 0 Å². The maximum absolute atomic E-state index is 12.8. The number of nitrogens with zero attached hydrogens (tertiary/aromatic N) is 2. The maximum Gasteiger partial charge on any atom is 0.410 e. The number of phenols is 2. The van der Waals surface area contributed by atoms with Crippen LogP contribution in [0.4, 0.5) is 4.79 Å². The monoisotopic (exact) mass is 420 g/mol. The fraction of sp³-hybridized carbons (Fsp3) is 0.565. The number of carbonyl (C=O) groups excluding carboxylic acids is 2. The van der Waals surface area contributed by atoms with E-state index in [1.165, 1.54) is 9.80 Å². The first-order chi connectivity index (χ1) is 13.5. The van der Waals surface area contributed by atoms with E-state index in [9.17, 15) is 19.8 Å². The Kier molecular flexibility index (Phi) is 7.58. The molecule has 0 saturated heterocycles. The Morgan fingerprint density at radius 2 is 1.43 bits per heavy atom. The van der Waals surface area contributed by atoms with Crippen LogP contribution in [-0.2, 0) is 14.9 Å². The molecule has 0 fully saturated rings. The number of hydrogen-bond acceptors (Lipinski definition) is 5. The number of phenolic OH excluding ortho intramolecular Hbond substituents is 2. The fourth-order valence-corrected chi connectivity index (χ4v) is 3.15. The SMILES string of the molecule is C=c1c(C)c(O)c(=C)c(C(C)(C)CC(=O)N(C)CCN(C)C(=O)OC(C)(C)C)c1O. The van der Waals surface area contributed by atoms with Gasteiger partial charge in [0.2, 0.25) is 5.91 Å². The van der Waals surface area contributed by atoms with Crippen LogP contribution in [0.25, 0.3) is 13.2 Å². The average Bonchev–Trinajstić information content (AvgIpc) is 2.60. The standard InChI is InChI=1S/C23H36N2O5/c1-14-15(2)20(28)18(16(3)19(14)27)23(7,8)13-17(26)24(9)11-12-25(10)21(29)30-22(4,5)6/h27-28H,2-3,11-13H2,1,4-10H3. The van der Waals surface area contributed by atoms with Gasteiger partial charge in [-0.3, -0.25) is 4.79 Å². The second-order valence-electron chi connectivity index (χ2n) is 9.43. The molecular formula is C23H36N2O5. The minimum absolute atomic E-state index is 0.0272. The Balaban J connectivity index is 2.91. The van der Waals surface area contributed by atoms with Gasteiger partial charge in [-0.1, -0.05) is 27.0 Å². The van der Waals surface area contributed by atoms with Gasteiger partial charge in [-0.2, -0.15) is 0 Å². The van der Waals surface area contributed by atoms with Crippen LogP contribution in [0.5, 0.6) is 11.5 Å². The molecule has 2 N–H and O–H groups in total. The van der Waals surface area contributed by atoms with Crippen molar-refractivity contribution in [1.82, 2.24) is 9.80 Å². The lowest BCUT2D eigenvalue weighted by Gasteiger charge is -2.30. The first kappa shape index (κ1) is 25.3. The Bertz CT molecular complexity index is 915. The summed E-state index contributed by atoms with van der Waals surface area (Å²) < 4.78 is 5.31. The van der Waals surface area contributed by atoms with E-state index >= 15 is 0 Å². The second-order valence-corrected chi connectivity index (χ2v) is 9.43. The van der Waals surface area contributed by atoms with Crippen molar-refractivity contribution in [2.75, 3.05) is 27.2 Å². The molecule has 0 heterocycles. The van der Waals surface area contributed by atoms with Crippen molar-refractivity contribution >= 4 is 25.2 Å². The Morgan fingerprint density at radius 1 is 0.933 bits per heavy atom. The fourth-order valence-electron chi connectivity index (χ4n) is 3.15. The largest absolute Gasteiger partial charge is 0.507 e. The molecule has 30 heavy (non-hydrogen) atoms. The molecule has 0 spiro atoms. The highest BCUT2D eigenvalue weighted by atomic mass is 16.6. The zero-order valence-corrected chi connectivity index (χ0v) is 19.5. The van der Waals surface area contributed by atoms with Gasteiger partial charge in [0.15, 0.2) is 0 Å². The normalized spacial score (nSPS) is 11.9. The summed E-state index contributed by atoms with van der Waals surface area (Å²) in [5, 5.41) is 21.5. The highest BCUT2D eigenvalue weighted by molar-refractivity contribution is 5.78. The number of likely N-dealkylation sites (N-methyl/N-ethyl adjacent to an activating group) is 2. The van der Waals surface area contributed by atoms with E-state index in [2.05, 4.69) is 13.2 Å². The van der Waals surface area contributed by atoms with Crippen molar-refractivity contribution in [3.8, 4) is 11.5 Å². The van der Waals surface area contributed by atoms with E-state index in [4.69, 9.17) is 4.74 Å². The zero-order chi connectivity index (χ0) is 23.6. The number of amides is 2. The smallest absolute Gasteiger partial charge is 0.410 e. The zero-order valence-electron chi connectivity index (χ0n) is 19.5. The molecule has 0 aliphatic rings. The average molecular weight is 421 g/mol. The Labute approximate surface area is 179 Å². The molecule has 1 rings (SSSR count). The molecule has 0 unspecified atom stereocenters. The van der Waals surface area contributed by atoms with Gasteiger partial charge in [-0.05, 0) is 27.7 Å². The van der Waals surface area contributed by atoms with E-state index < -0.39 is 17.1 Å². The number of hydrogen-bond donors (Lipinski definition) is 2. The summed E-state index contributed by atoms with van der Waals surface area (Å²) in [6.45, 7) is 19.0. The maximum atomic E-state index is 12.8. The highest BCUT2D eigenvalue weighted by Crippen LogP contribution is 2.31. The third-order valence-electron chi connectivity index (χ3n) is 5.09. The molecule has 7 nitrogen and oxygen atoms in total. The van der Waals surface area contributed by atoms with E-state index in [-0.39, 0.29) is 23.8 Å². The van der Waals surface area contributed by atoms with Crippen molar-refractivity contribution < 1.29 is 24.5 Å². The van der Waals surface area contributed by atoms with Gasteiger partial charge >= 0.3 is 6.09 Å². The van der Waals surface area contributed by atoms with E-state index in [1.807, 2.05) is 13.8 Å². The van der Waals surface area contributed by atoms with Crippen molar-refractivity contribution in [2.45, 2.75) is 59.0 Å². The molecule has 1 aromatic carbocycles. The van der Waals surface area contributed by atoms with Crippen molar-refractivity contribution in [3.63, 3.8) is 0 Å². The Hall–Kier alpha value is -2.70. The quantitative estimate of drug-likeness (QED) is 0.689. The van der Waals surface area contributed by atoms with Gasteiger partial charge in [0.05, 0.1) is 0 Å². The van der Waals surface area contributed by atoms with Crippen LogP contribution in [-0.4, -0.2) is 64.8 Å². The van der Waals surface area contributed by atoms with Crippen LogP contribution in [0.3, 0.4) is 0 Å². The van der Waals surface area contributed by atoms with Crippen LogP contribution < -0.4 is 10.4 Å². The molecule has 0 aliphatic carbocycles. The lowest BCUT2D eigenvalue weighted by Crippen LogP contribution is -2.41. The topological polar surface area (TPSA) is 90.3 Å². The number of carbonyl (C=O) groups is 2.